The van der Waals surface area contributed by atoms with E-state index in [1.807, 2.05) is 0 Å². The first-order valence-corrected chi connectivity index (χ1v) is 23.7. The van der Waals surface area contributed by atoms with E-state index in [2.05, 4.69) is 40.9 Å². The number of rotatable bonds is 15. The maximum atomic E-state index is 12.2. The quantitative estimate of drug-likeness (QED) is 0.0487. The first kappa shape index (κ1) is 55.4. The Bertz CT molecular complexity index is 4080. The van der Waals surface area contributed by atoms with Gasteiger partial charge >= 0.3 is 0 Å². The average Bonchev–Trinajstić information content (AvgIpc) is 4.14. The summed E-state index contributed by atoms with van der Waals surface area (Å²) in [6.45, 7) is 0. The minimum Gasteiger partial charge on any atom is -0.507 e. The molecule has 0 saturated carbocycles. The summed E-state index contributed by atoms with van der Waals surface area (Å²) in [5, 5.41) is 152. The number of allylic oxidation sites excluding steroid dienone is 3. The first-order chi connectivity index (χ1) is 39.5. The fraction of sp³-hybridized carbons (Fsp3) is 0.0980. The number of nitro benzene ring substituents is 7. The Morgan fingerprint density at radius 3 is 0.988 bits per heavy atom. The molecule has 6 bridgehead atoms. The molecule has 414 valence electrons. The normalized spacial score (nSPS) is 14.0. The molecule has 0 aliphatic heterocycles. The Balaban J connectivity index is 1.24. The molecular formula is C51H33N15O17. The van der Waals surface area contributed by atoms with Crippen molar-refractivity contribution in [2.75, 3.05) is 0 Å². The zero-order valence-corrected chi connectivity index (χ0v) is 41.8. The molecular weight excluding hydrogens is 1090 g/mol. The molecule has 3 N–H and O–H groups in total. The third-order valence-corrected chi connectivity index (χ3v) is 12.6. The van der Waals surface area contributed by atoms with Crippen molar-refractivity contribution in [3.05, 3.63) is 243 Å². The summed E-state index contributed by atoms with van der Waals surface area (Å²) in [6, 6.07) is 21.3. The molecule has 2 aliphatic rings. The molecule has 7 aromatic carbocycles. The van der Waals surface area contributed by atoms with E-state index in [1.165, 1.54) is 60.7 Å². The molecule has 0 radical (unpaired) electrons. The number of hydrogen-bond donors (Lipinski definition) is 3. The molecule has 1 atom stereocenters. The summed E-state index contributed by atoms with van der Waals surface area (Å²) in [6.07, 6.45) is 2.01. The van der Waals surface area contributed by atoms with Gasteiger partial charge in [-0.05, 0) is 73.0 Å². The fourth-order valence-corrected chi connectivity index (χ4v) is 8.86. The van der Waals surface area contributed by atoms with E-state index in [0.29, 0.717) is 5.57 Å². The molecule has 9 rings (SSSR count). The van der Waals surface area contributed by atoms with E-state index in [9.17, 15) is 86.1 Å². The lowest BCUT2D eigenvalue weighted by molar-refractivity contribution is -0.394. The number of aromatic hydroxyl groups is 3. The molecule has 0 amide bonds. The minimum atomic E-state index is -0.865. The van der Waals surface area contributed by atoms with Crippen molar-refractivity contribution < 1.29 is 49.8 Å². The summed E-state index contributed by atoms with van der Waals surface area (Å²) in [4.78, 5) is 76.0. The van der Waals surface area contributed by atoms with Crippen LogP contribution in [0.15, 0.2) is 180 Å². The zero-order chi connectivity index (χ0) is 59.4. The smallest absolute Gasteiger partial charge is 0.278 e. The summed E-state index contributed by atoms with van der Waals surface area (Å²) in [5.41, 5.74) is -4.15. The van der Waals surface area contributed by atoms with Gasteiger partial charge in [0.1, 0.15) is 17.2 Å². The van der Waals surface area contributed by atoms with Gasteiger partial charge in [-0.3, -0.25) is 70.8 Å². The number of fused-ring (bicyclic) bond motifs is 7. The second kappa shape index (κ2) is 22.9. The molecule has 83 heavy (non-hydrogen) atoms. The Hall–Kier alpha value is -12.4. The standard InChI is InChI=1S/C51H33N15O17/c67-49-28-4-26-8-35(54-57-39-17-43(61(72)73)23-44(18-39)62(74)75)9-27(26)5-29-11-38(56-59-41-21-47(65(80)81)25-48(22-41)66(82)83)15-31(50(29)68)7-33-13-36(53-52-34-2-1-3-42(16-34)60(70)71)12-32(51(33)69)6-30(49)14-37(10-28)55-58-40-19-45(63(76)77)24-46(20-40)64(78)79/h1-3,8-26,67-69H,4-7H2/b53-52+,57-54+,58-55+,59-56+. The van der Waals surface area contributed by atoms with Crippen LogP contribution in [0.5, 0.6) is 17.2 Å². The van der Waals surface area contributed by atoms with Crippen molar-refractivity contribution in [3.63, 3.8) is 0 Å². The molecule has 2 aliphatic carbocycles. The Labute approximate surface area is 460 Å². The molecule has 32 nitrogen and oxygen atoms in total. The largest absolute Gasteiger partial charge is 0.507 e. The van der Waals surface area contributed by atoms with Gasteiger partial charge in [0.2, 0.25) is 0 Å². The van der Waals surface area contributed by atoms with E-state index in [1.54, 1.807) is 6.08 Å². The lowest BCUT2D eigenvalue weighted by Gasteiger charge is -2.18. The zero-order valence-electron chi connectivity index (χ0n) is 41.8. The van der Waals surface area contributed by atoms with Crippen molar-refractivity contribution in [1.82, 2.24) is 0 Å². The predicted octanol–water partition coefficient (Wildman–Crippen LogP) is 13.9. The van der Waals surface area contributed by atoms with Crippen LogP contribution in [0, 0.1) is 76.7 Å². The third-order valence-electron chi connectivity index (χ3n) is 12.6. The van der Waals surface area contributed by atoms with Gasteiger partial charge < -0.3 is 15.3 Å². The van der Waals surface area contributed by atoms with Crippen molar-refractivity contribution in [3.8, 4) is 17.2 Å². The summed E-state index contributed by atoms with van der Waals surface area (Å²) in [7, 11) is 0. The lowest BCUT2D eigenvalue weighted by Crippen LogP contribution is -2.07. The number of phenolic OH excluding ortho intramolecular Hbond substituents is 3. The highest BCUT2D eigenvalue weighted by atomic mass is 16.7. The Morgan fingerprint density at radius 2 is 0.627 bits per heavy atom. The van der Waals surface area contributed by atoms with Crippen LogP contribution in [-0.4, -0.2) is 49.8 Å². The van der Waals surface area contributed by atoms with Crippen molar-refractivity contribution in [2.45, 2.75) is 25.7 Å². The highest BCUT2D eigenvalue weighted by Gasteiger charge is 2.28. The van der Waals surface area contributed by atoms with Crippen LogP contribution in [0.2, 0.25) is 0 Å². The number of phenols is 3. The maximum absolute atomic E-state index is 12.2. The number of non-ortho nitro benzene ring substituents is 7. The monoisotopic (exact) mass is 1130 g/mol. The van der Waals surface area contributed by atoms with Crippen LogP contribution in [0.3, 0.4) is 0 Å². The molecule has 32 heteroatoms. The van der Waals surface area contributed by atoms with E-state index in [4.69, 9.17) is 0 Å². The SMILES string of the molecule is O=[N+]([O-])c1cccc(/N=N/c2cc3c(O)c(c2)Cc2cc(/N=N/c4cc([N+](=O)[O-])cc([N+](=O)[O-])c4)cc(c2O)CC2C=C(/N=N/c4cc([N+](=O)[O-])cc([N+](=O)[O-])c4)C=C2Cc2cc(/N=N/c4cc([N+](=O)[O-])cc([N+](=O)[O-])c4)cc(c2O)C3)c1. The van der Waals surface area contributed by atoms with E-state index < -0.39 is 80.3 Å². The van der Waals surface area contributed by atoms with Gasteiger partial charge in [-0.1, -0.05) is 11.6 Å². The summed E-state index contributed by atoms with van der Waals surface area (Å²) in [5.74, 6) is -1.98. The minimum absolute atomic E-state index is 0.0273. The molecule has 0 fully saturated rings. The average molecular weight is 1130 g/mol. The van der Waals surface area contributed by atoms with Gasteiger partial charge in [-0.25, -0.2) is 0 Å². The van der Waals surface area contributed by atoms with Crippen LogP contribution in [-0.2, 0) is 25.7 Å². The molecule has 0 spiro atoms. The van der Waals surface area contributed by atoms with Crippen LogP contribution in [0.4, 0.5) is 79.6 Å². The van der Waals surface area contributed by atoms with E-state index in [0.717, 1.165) is 60.7 Å². The predicted molar refractivity (Wildman–Crippen MR) is 286 cm³/mol. The molecule has 0 saturated heterocycles. The molecule has 0 aromatic heterocycles. The third kappa shape index (κ3) is 12.8. The summed E-state index contributed by atoms with van der Waals surface area (Å²) >= 11 is 0. The van der Waals surface area contributed by atoms with Crippen LogP contribution >= 0.6 is 0 Å². The van der Waals surface area contributed by atoms with Crippen LogP contribution in [0.25, 0.3) is 0 Å². The maximum Gasteiger partial charge on any atom is 0.278 e. The van der Waals surface area contributed by atoms with Gasteiger partial charge in [0.05, 0.1) is 98.2 Å². The molecule has 7 aromatic rings. The number of nitro groups is 7. The second-order valence-electron chi connectivity index (χ2n) is 18.2. The Kier molecular flexibility index (Phi) is 15.3. The number of azo groups is 4. The number of hydrogen-bond acceptors (Lipinski definition) is 25. The van der Waals surface area contributed by atoms with Crippen LogP contribution < -0.4 is 0 Å². The highest BCUT2D eigenvalue weighted by molar-refractivity contribution is 5.64. The van der Waals surface area contributed by atoms with E-state index >= 15 is 0 Å². The topological polar surface area (TPSA) is 462 Å². The van der Waals surface area contributed by atoms with Gasteiger partial charge in [0.25, 0.3) is 39.8 Å². The second-order valence-corrected chi connectivity index (χ2v) is 18.2. The fourth-order valence-electron chi connectivity index (χ4n) is 8.86. The van der Waals surface area contributed by atoms with Crippen molar-refractivity contribution in [1.29, 1.82) is 0 Å². The van der Waals surface area contributed by atoms with Crippen molar-refractivity contribution >= 4 is 79.6 Å². The highest BCUT2D eigenvalue weighted by Crippen LogP contribution is 2.44. The van der Waals surface area contributed by atoms with Gasteiger partial charge in [0, 0.05) is 95.1 Å². The van der Waals surface area contributed by atoms with Gasteiger partial charge in [0.15, 0.2) is 0 Å². The van der Waals surface area contributed by atoms with Gasteiger partial charge in [-0.2, -0.15) is 40.9 Å². The number of nitrogens with zero attached hydrogens (tertiary/aromatic N) is 15. The van der Waals surface area contributed by atoms with E-state index in [-0.39, 0.29) is 122 Å². The lowest BCUT2D eigenvalue weighted by atomic mass is 9.88. The van der Waals surface area contributed by atoms with Crippen molar-refractivity contribution in [2.24, 2.45) is 46.8 Å². The molecule has 1 unspecified atom stereocenters. The number of benzene rings is 7. The first-order valence-electron chi connectivity index (χ1n) is 23.7. The summed E-state index contributed by atoms with van der Waals surface area (Å²) < 4.78 is 0. The Morgan fingerprint density at radius 1 is 0.337 bits per heavy atom. The molecule has 0 heterocycles. The van der Waals surface area contributed by atoms with Gasteiger partial charge in [-0.15, -0.1) is 0 Å². The van der Waals surface area contributed by atoms with Crippen LogP contribution in [0.1, 0.15) is 33.4 Å².